The lowest BCUT2D eigenvalue weighted by Gasteiger charge is -2.25. The van der Waals surface area contributed by atoms with Crippen molar-refractivity contribution < 1.29 is 0 Å². The summed E-state index contributed by atoms with van der Waals surface area (Å²) in [6.45, 7) is 12.5. The Morgan fingerprint density at radius 1 is 1.41 bits per heavy atom. The van der Waals surface area contributed by atoms with Gasteiger partial charge >= 0.3 is 0 Å². The van der Waals surface area contributed by atoms with Crippen molar-refractivity contribution in [1.82, 2.24) is 14.7 Å². The van der Waals surface area contributed by atoms with Crippen LogP contribution in [-0.4, -0.2) is 33.8 Å². The zero-order valence-corrected chi connectivity index (χ0v) is 11.6. The van der Waals surface area contributed by atoms with Crippen LogP contribution in [0.15, 0.2) is 12.4 Å². The van der Waals surface area contributed by atoms with Crippen LogP contribution in [0.2, 0.25) is 0 Å². The Balaban J connectivity index is 2.51. The number of nitrogens with two attached hydrogens (primary N) is 1. The van der Waals surface area contributed by atoms with Crippen LogP contribution in [0.25, 0.3) is 0 Å². The number of likely N-dealkylation sites (N-methyl/N-ethyl adjacent to an activating group) is 1. The smallest absolute Gasteiger partial charge is 0.0534 e. The fourth-order valence-electron chi connectivity index (χ4n) is 1.73. The Bertz CT molecular complexity index is 319. The minimum atomic E-state index is 0.246. The summed E-state index contributed by atoms with van der Waals surface area (Å²) < 4.78 is 1.96. The molecule has 0 bridgehead atoms. The predicted octanol–water partition coefficient (Wildman–Crippen LogP) is 1.71. The molecule has 2 N–H and O–H groups in total. The van der Waals surface area contributed by atoms with Crippen molar-refractivity contribution in [2.75, 3.05) is 13.1 Å². The van der Waals surface area contributed by atoms with Crippen LogP contribution >= 0.6 is 0 Å². The van der Waals surface area contributed by atoms with Crippen LogP contribution in [0.3, 0.4) is 0 Å². The van der Waals surface area contributed by atoms with E-state index in [-0.39, 0.29) is 6.04 Å². The molecule has 4 nitrogen and oxygen atoms in total. The lowest BCUT2D eigenvalue weighted by atomic mass is 10.1. The first kappa shape index (κ1) is 14.2. The Labute approximate surface area is 105 Å². The van der Waals surface area contributed by atoms with Crippen LogP contribution in [0, 0.1) is 5.92 Å². The molecule has 0 fully saturated rings. The van der Waals surface area contributed by atoms with Crippen LogP contribution in [0.4, 0.5) is 0 Å². The maximum atomic E-state index is 6.12. The molecule has 0 saturated carbocycles. The molecule has 0 aliphatic heterocycles. The van der Waals surface area contributed by atoms with Crippen molar-refractivity contribution in [2.45, 2.75) is 46.8 Å². The van der Waals surface area contributed by atoms with Gasteiger partial charge in [0, 0.05) is 37.4 Å². The standard InChI is InChI=1S/C13H26N4/c1-5-16(10-13(14)11(3)4)8-12-7-15-17(6-2)9-12/h7,9,11,13H,5-6,8,10,14H2,1-4H3/t13-/m0/s1. The van der Waals surface area contributed by atoms with Crippen molar-refractivity contribution >= 4 is 0 Å². The van der Waals surface area contributed by atoms with E-state index in [1.54, 1.807) is 0 Å². The number of aromatic nitrogens is 2. The monoisotopic (exact) mass is 238 g/mol. The second-order valence-corrected chi connectivity index (χ2v) is 4.94. The van der Waals surface area contributed by atoms with Gasteiger partial charge in [-0.3, -0.25) is 9.58 Å². The van der Waals surface area contributed by atoms with Crippen LogP contribution in [0.5, 0.6) is 0 Å². The van der Waals surface area contributed by atoms with E-state index in [1.165, 1.54) is 5.56 Å². The van der Waals surface area contributed by atoms with Gasteiger partial charge < -0.3 is 5.73 Å². The topological polar surface area (TPSA) is 47.1 Å². The average molecular weight is 238 g/mol. The molecule has 0 aliphatic carbocycles. The molecular formula is C13H26N4. The quantitative estimate of drug-likeness (QED) is 0.786. The lowest BCUT2D eigenvalue weighted by Crippen LogP contribution is -2.40. The van der Waals surface area contributed by atoms with E-state index in [4.69, 9.17) is 5.73 Å². The van der Waals surface area contributed by atoms with Gasteiger partial charge in [0.25, 0.3) is 0 Å². The SMILES string of the molecule is CCN(Cc1cnn(CC)c1)C[C@H](N)C(C)C. The number of aryl methyl sites for hydroxylation is 1. The molecule has 0 unspecified atom stereocenters. The summed E-state index contributed by atoms with van der Waals surface area (Å²) >= 11 is 0. The fraction of sp³-hybridized carbons (Fsp3) is 0.769. The molecule has 1 rings (SSSR count). The zero-order valence-electron chi connectivity index (χ0n) is 11.6. The number of nitrogens with zero attached hydrogens (tertiary/aromatic N) is 3. The highest BCUT2D eigenvalue weighted by Crippen LogP contribution is 2.07. The van der Waals surface area contributed by atoms with Crippen molar-refractivity contribution in [1.29, 1.82) is 0 Å². The summed E-state index contributed by atoms with van der Waals surface area (Å²) in [5, 5.41) is 4.30. The van der Waals surface area contributed by atoms with E-state index in [1.807, 2.05) is 10.9 Å². The van der Waals surface area contributed by atoms with Gasteiger partial charge in [0.1, 0.15) is 0 Å². The highest BCUT2D eigenvalue weighted by atomic mass is 15.3. The maximum Gasteiger partial charge on any atom is 0.0534 e. The molecule has 1 atom stereocenters. The van der Waals surface area contributed by atoms with Crippen LogP contribution in [-0.2, 0) is 13.1 Å². The summed E-state index contributed by atoms with van der Waals surface area (Å²) in [6.07, 6.45) is 4.07. The Hall–Kier alpha value is -0.870. The molecule has 17 heavy (non-hydrogen) atoms. The zero-order chi connectivity index (χ0) is 12.8. The Kier molecular flexibility index (Phi) is 5.65. The van der Waals surface area contributed by atoms with Gasteiger partial charge in [-0.25, -0.2) is 0 Å². The van der Waals surface area contributed by atoms with Crippen LogP contribution in [0.1, 0.15) is 33.3 Å². The molecule has 0 saturated heterocycles. The molecule has 1 aromatic heterocycles. The highest BCUT2D eigenvalue weighted by Gasteiger charge is 2.13. The normalized spacial score (nSPS) is 13.6. The van der Waals surface area contributed by atoms with Gasteiger partial charge in [-0.05, 0) is 19.4 Å². The largest absolute Gasteiger partial charge is 0.326 e. The first-order valence-electron chi connectivity index (χ1n) is 6.56. The first-order valence-corrected chi connectivity index (χ1v) is 6.56. The first-order chi connectivity index (χ1) is 8.06. The number of hydrogen-bond donors (Lipinski definition) is 1. The van der Waals surface area contributed by atoms with Gasteiger partial charge in [-0.15, -0.1) is 0 Å². The average Bonchev–Trinajstić information content (AvgIpc) is 2.75. The lowest BCUT2D eigenvalue weighted by molar-refractivity contribution is 0.241. The van der Waals surface area contributed by atoms with Crippen molar-refractivity contribution in [2.24, 2.45) is 11.7 Å². The van der Waals surface area contributed by atoms with Gasteiger partial charge in [0.15, 0.2) is 0 Å². The van der Waals surface area contributed by atoms with E-state index in [0.717, 1.165) is 26.2 Å². The summed E-state index contributed by atoms with van der Waals surface area (Å²) in [5.41, 5.74) is 7.38. The molecule has 0 aliphatic rings. The second-order valence-electron chi connectivity index (χ2n) is 4.94. The Morgan fingerprint density at radius 3 is 2.59 bits per heavy atom. The van der Waals surface area contributed by atoms with E-state index in [9.17, 15) is 0 Å². The maximum absolute atomic E-state index is 6.12. The highest BCUT2D eigenvalue weighted by molar-refractivity contribution is 5.03. The third-order valence-corrected chi connectivity index (χ3v) is 3.19. The molecule has 0 radical (unpaired) electrons. The van der Waals surface area contributed by atoms with E-state index >= 15 is 0 Å². The van der Waals surface area contributed by atoms with Crippen molar-refractivity contribution in [3.63, 3.8) is 0 Å². The third kappa shape index (κ3) is 4.48. The van der Waals surface area contributed by atoms with Crippen molar-refractivity contribution in [3.05, 3.63) is 18.0 Å². The summed E-state index contributed by atoms with van der Waals surface area (Å²) in [4.78, 5) is 2.38. The Morgan fingerprint density at radius 2 is 2.12 bits per heavy atom. The second kappa shape index (κ2) is 6.77. The molecule has 0 aromatic carbocycles. The molecule has 1 heterocycles. The van der Waals surface area contributed by atoms with E-state index in [0.29, 0.717) is 5.92 Å². The summed E-state index contributed by atoms with van der Waals surface area (Å²) in [7, 11) is 0. The summed E-state index contributed by atoms with van der Waals surface area (Å²) in [6, 6.07) is 0.246. The van der Waals surface area contributed by atoms with Crippen molar-refractivity contribution in [3.8, 4) is 0 Å². The van der Waals surface area contributed by atoms with Gasteiger partial charge in [0.2, 0.25) is 0 Å². The minimum absolute atomic E-state index is 0.246. The van der Waals surface area contributed by atoms with Gasteiger partial charge in [-0.2, -0.15) is 5.10 Å². The molecule has 1 aromatic rings. The minimum Gasteiger partial charge on any atom is -0.326 e. The third-order valence-electron chi connectivity index (χ3n) is 3.19. The predicted molar refractivity (Wildman–Crippen MR) is 71.7 cm³/mol. The molecule has 98 valence electrons. The molecule has 0 spiro atoms. The van der Waals surface area contributed by atoms with E-state index < -0.39 is 0 Å². The fourth-order valence-corrected chi connectivity index (χ4v) is 1.73. The molecular weight excluding hydrogens is 212 g/mol. The molecule has 0 amide bonds. The van der Waals surface area contributed by atoms with Gasteiger partial charge in [0.05, 0.1) is 6.20 Å². The van der Waals surface area contributed by atoms with Crippen LogP contribution < -0.4 is 5.73 Å². The number of hydrogen-bond acceptors (Lipinski definition) is 3. The number of rotatable bonds is 7. The molecule has 4 heteroatoms. The summed E-state index contributed by atoms with van der Waals surface area (Å²) in [5.74, 6) is 0.530. The van der Waals surface area contributed by atoms with E-state index in [2.05, 4.69) is 43.9 Å². The van der Waals surface area contributed by atoms with Gasteiger partial charge in [-0.1, -0.05) is 20.8 Å².